The average molecular weight is 283 g/mol. The number of hydrogen-bond donors (Lipinski definition) is 0. The van der Waals surface area contributed by atoms with Crippen molar-refractivity contribution in [1.29, 1.82) is 0 Å². The summed E-state index contributed by atoms with van der Waals surface area (Å²) < 4.78 is 5.33. The topological polar surface area (TPSA) is 59.2 Å². The summed E-state index contributed by atoms with van der Waals surface area (Å²) in [5.41, 5.74) is 1.79. The Bertz CT molecular complexity index is 684. The normalized spacial score (nSPS) is 18.6. The summed E-state index contributed by atoms with van der Waals surface area (Å²) in [4.78, 5) is 18.7. The van der Waals surface area contributed by atoms with Crippen molar-refractivity contribution in [3.8, 4) is 0 Å². The van der Waals surface area contributed by atoms with Gasteiger partial charge in [-0.1, -0.05) is 23.4 Å². The van der Waals surface area contributed by atoms with Crippen LogP contribution in [0, 0.1) is 6.92 Å². The standard InChI is InChI=1S/C16H17N3O2/c1-10-4-2-3-5-13(10)16(20)19-8-12(9-19)15-17-14(18-21-15)11-6-7-11/h2-5,11-12H,6-9H2,1H3. The van der Waals surface area contributed by atoms with Gasteiger partial charge in [-0.25, -0.2) is 0 Å². The first-order valence-electron chi connectivity index (χ1n) is 7.41. The van der Waals surface area contributed by atoms with Crippen LogP contribution in [0.3, 0.4) is 0 Å². The number of carbonyl (C=O) groups is 1. The summed E-state index contributed by atoms with van der Waals surface area (Å²) in [7, 11) is 0. The summed E-state index contributed by atoms with van der Waals surface area (Å²) in [5, 5.41) is 4.03. The van der Waals surface area contributed by atoms with Crippen molar-refractivity contribution >= 4 is 5.91 Å². The van der Waals surface area contributed by atoms with Crippen LogP contribution in [0.4, 0.5) is 0 Å². The molecule has 1 aliphatic heterocycles. The van der Waals surface area contributed by atoms with Crippen LogP contribution in [-0.4, -0.2) is 34.0 Å². The molecule has 0 unspecified atom stereocenters. The Balaban J connectivity index is 1.42. The summed E-state index contributed by atoms with van der Waals surface area (Å²) in [6.45, 7) is 3.29. The molecule has 1 saturated carbocycles. The number of rotatable bonds is 3. The molecule has 21 heavy (non-hydrogen) atoms. The molecule has 2 aliphatic rings. The maximum Gasteiger partial charge on any atom is 0.254 e. The van der Waals surface area contributed by atoms with Crippen LogP contribution in [0.1, 0.15) is 52.3 Å². The third kappa shape index (κ3) is 2.22. The molecule has 1 amide bonds. The fraction of sp³-hybridized carbons (Fsp3) is 0.438. The van der Waals surface area contributed by atoms with Crippen molar-refractivity contribution in [1.82, 2.24) is 15.0 Å². The second-order valence-corrected chi connectivity index (χ2v) is 5.99. The predicted octanol–water partition coefficient (Wildman–Crippen LogP) is 2.50. The highest BCUT2D eigenvalue weighted by atomic mass is 16.5. The monoisotopic (exact) mass is 283 g/mol. The van der Waals surface area contributed by atoms with Crippen molar-refractivity contribution in [2.45, 2.75) is 31.6 Å². The maximum atomic E-state index is 12.4. The molecule has 0 atom stereocenters. The van der Waals surface area contributed by atoms with Crippen LogP contribution in [0.25, 0.3) is 0 Å². The molecular formula is C16H17N3O2. The van der Waals surface area contributed by atoms with Gasteiger partial charge in [-0.15, -0.1) is 0 Å². The summed E-state index contributed by atoms with van der Waals surface area (Å²) in [6, 6.07) is 7.69. The van der Waals surface area contributed by atoms with E-state index in [1.165, 1.54) is 12.8 Å². The molecule has 2 aromatic rings. The van der Waals surface area contributed by atoms with Gasteiger partial charge in [-0.05, 0) is 31.4 Å². The first kappa shape index (κ1) is 12.6. The first-order valence-corrected chi connectivity index (χ1v) is 7.41. The third-order valence-corrected chi connectivity index (χ3v) is 4.29. The van der Waals surface area contributed by atoms with E-state index in [0.717, 1.165) is 17.0 Å². The van der Waals surface area contributed by atoms with Gasteiger partial charge in [0.2, 0.25) is 5.89 Å². The minimum Gasteiger partial charge on any atom is -0.339 e. The lowest BCUT2D eigenvalue weighted by Gasteiger charge is -2.37. The smallest absolute Gasteiger partial charge is 0.254 e. The van der Waals surface area contributed by atoms with Crippen molar-refractivity contribution < 1.29 is 9.32 Å². The Morgan fingerprint density at radius 2 is 2.00 bits per heavy atom. The van der Waals surface area contributed by atoms with Crippen LogP contribution >= 0.6 is 0 Å². The molecule has 5 heteroatoms. The number of carbonyl (C=O) groups excluding carboxylic acids is 1. The summed E-state index contributed by atoms with van der Waals surface area (Å²) in [5.74, 6) is 2.32. The Morgan fingerprint density at radius 3 is 2.71 bits per heavy atom. The molecular weight excluding hydrogens is 266 g/mol. The van der Waals surface area contributed by atoms with Crippen LogP contribution in [-0.2, 0) is 0 Å². The van der Waals surface area contributed by atoms with Gasteiger partial charge in [-0.3, -0.25) is 4.79 Å². The fourth-order valence-electron chi connectivity index (χ4n) is 2.70. The van der Waals surface area contributed by atoms with E-state index in [4.69, 9.17) is 4.52 Å². The van der Waals surface area contributed by atoms with Gasteiger partial charge in [0.1, 0.15) is 0 Å². The molecule has 1 aromatic heterocycles. The molecule has 2 fully saturated rings. The van der Waals surface area contributed by atoms with E-state index >= 15 is 0 Å². The number of nitrogens with zero attached hydrogens (tertiary/aromatic N) is 3. The number of likely N-dealkylation sites (tertiary alicyclic amines) is 1. The van der Waals surface area contributed by atoms with Crippen LogP contribution in [0.15, 0.2) is 28.8 Å². The van der Waals surface area contributed by atoms with Gasteiger partial charge in [-0.2, -0.15) is 4.98 Å². The predicted molar refractivity (Wildman–Crippen MR) is 76.1 cm³/mol. The van der Waals surface area contributed by atoms with E-state index in [1.54, 1.807) is 0 Å². The molecule has 0 bridgehead atoms. The summed E-state index contributed by atoms with van der Waals surface area (Å²) in [6.07, 6.45) is 2.34. The van der Waals surface area contributed by atoms with Crippen molar-refractivity contribution in [2.24, 2.45) is 0 Å². The van der Waals surface area contributed by atoms with Crippen LogP contribution in [0.5, 0.6) is 0 Å². The number of aryl methyl sites for hydroxylation is 1. The fourth-order valence-corrected chi connectivity index (χ4v) is 2.70. The van der Waals surface area contributed by atoms with Crippen molar-refractivity contribution in [2.75, 3.05) is 13.1 Å². The van der Waals surface area contributed by atoms with Gasteiger partial charge >= 0.3 is 0 Å². The minimum absolute atomic E-state index is 0.0891. The van der Waals surface area contributed by atoms with E-state index in [9.17, 15) is 4.79 Å². The zero-order valence-corrected chi connectivity index (χ0v) is 12.0. The molecule has 5 nitrogen and oxygen atoms in total. The Hall–Kier alpha value is -2.17. The molecule has 108 valence electrons. The molecule has 1 saturated heterocycles. The first-order chi connectivity index (χ1) is 10.2. The Labute approximate surface area is 123 Å². The number of benzene rings is 1. The average Bonchev–Trinajstić information content (AvgIpc) is 3.17. The highest BCUT2D eigenvalue weighted by molar-refractivity contribution is 5.96. The summed E-state index contributed by atoms with van der Waals surface area (Å²) >= 11 is 0. The SMILES string of the molecule is Cc1ccccc1C(=O)N1CC(c2nc(C3CC3)no2)C1. The zero-order chi connectivity index (χ0) is 14.4. The van der Waals surface area contributed by atoms with Crippen molar-refractivity contribution in [3.63, 3.8) is 0 Å². The van der Waals surface area contributed by atoms with E-state index in [1.807, 2.05) is 36.1 Å². The number of aromatic nitrogens is 2. The highest BCUT2D eigenvalue weighted by Crippen LogP contribution is 2.39. The molecule has 1 aliphatic carbocycles. The lowest BCUT2D eigenvalue weighted by atomic mass is 9.97. The van der Waals surface area contributed by atoms with Crippen LogP contribution < -0.4 is 0 Å². The second kappa shape index (κ2) is 4.69. The Kier molecular flexibility index (Phi) is 2.80. The van der Waals surface area contributed by atoms with Gasteiger partial charge in [0.05, 0.1) is 5.92 Å². The van der Waals surface area contributed by atoms with Gasteiger partial charge in [0.15, 0.2) is 5.82 Å². The molecule has 2 heterocycles. The molecule has 0 radical (unpaired) electrons. The van der Waals surface area contributed by atoms with Gasteiger partial charge in [0, 0.05) is 24.6 Å². The third-order valence-electron chi connectivity index (χ3n) is 4.29. The second-order valence-electron chi connectivity index (χ2n) is 5.99. The lowest BCUT2D eigenvalue weighted by molar-refractivity contribution is 0.0568. The van der Waals surface area contributed by atoms with E-state index in [-0.39, 0.29) is 11.8 Å². The lowest BCUT2D eigenvalue weighted by Crippen LogP contribution is -2.48. The zero-order valence-electron chi connectivity index (χ0n) is 12.0. The molecule has 0 N–H and O–H groups in total. The maximum absolute atomic E-state index is 12.4. The van der Waals surface area contributed by atoms with Gasteiger partial charge < -0.3 is 9.42 Å². The van der Waals surface area contributed by atoms with Crippen molar-refractivity contribution in [3.05, 3.63) is 47.1 Å². The quantitative estimate of drug-likeness (QED) is 0.868. The molecule has 1 aromatic carbocycles. The Morgan fingerprint density at radius 1 is 1.24 bits per heavy atom. The van der Waals surface area contributed by atoms with E-state index < -0.39 is 0 Å². The molecule has 4 rings (SSSR count). The highest BCUT2D eigenvalue weighted by Gasteiger charge is 2.37. The van der Waals surface area contributed by atoms with Gasteiger partial charge in [0.25, 0.3) is 5.91 Å². The molecule has 0 spiro atoms. The number of hydrogen-bond acceptors (Lipinski definition) is 4. The largest absolute Gasteiger partial charge is 0.339 e. The van der Waals surface area contributed by atoms with E-state index in [2.05, 4.69) is 10.1 Å². The minimum atomic E-state index is 0.0891. The number of amides is 1. The van der Waals surface area contributed by atoms with E-state index in [0.29, 0.717) is 24.9 Å². The van der Waals surface area contributed by atoms with Crippen LogP contribution in [0.2, 0.25) is 0 Å².